The van der Waals surface area contributed by atoms with Gasteiger partial charge in [0, 0.05) is 21.8 Å². The minimum absolute atomic E-state index is 0.0460. The van der Waals surface area contributed by atoms with Gasteiger partial charge in [0.25, 0.3) is 15.0 Å². The van der Waals surface area contributed by atoms with Crippen LogP contribution in [0.3, 0.4) is 0 Å². The summed E-state index contributed by atoms with van der Waals surface area (Å²) in [6, 6.07) is 4.39. The summed E-state index contributed by atoms with van der Waals surface area (Å²) in [6.07, 6.45) is 1.90. The first-order valence-electron chi connectivity index (χ1n) is 5.59. The SMILES string of the molecule is Cc1cc(C(=O)NC2(C)CC2)cc(S(=O)(=O)Cl)c1. The van der Waals surface area contributed by atoms with Gasteiger partial charge in [-0.05, 0) is 50.5 Å². The van der Waals surface area contributed by atoms with Crippen molar-refractivity contribution in [1.82, 2.24) is 5.32 Å². The summed E-state index contributed by atoms with van der Waals surface area (Å²) in [5, 5.41) is 2.88. The summed E-state index contributed by atoms with van der Waals surface area (Å²) in [4.78, 5) is 11.9. The van der Waals surface area contributed by atoms with E-state index in [9.17, 15) is 13.2 Å². The Kier molecular flexibility index (Phi) is 3.15. The van der Waals surface area contributed by atoms with E-state index in [0.29, 0.717) is 11.1 Å². The highest BCUT2D eigenvalue weighted by Crippen LogP contribution is 2.34. The van der Waals surface area contributed by atoms with Gasteiger partial charge in [-0.15, -0.1) is 0 Å². The van der Waals surface area contributed by atoms with Crippen LogP contribution in [0.2, 0.25) is 0 Å². The van der Waals surface area contributed by atoms with Crippen LogP contribution in [0.5, 0.6) is 0 Å². The van der Waals surface area contributed by atoms with Gasteiger partial charge in [-0.25, -0.2) is 8.42 Å². The molecule has 1 aliphatic rings. The van der Waals surface area contributed by atoms with E-state index in [4.69, 9.17) is 10.7 Å². The topological polar surface area (TPSA) is 63.2 Å². The predicted octanol–water partition coefficient (Wildman–Crippen LogP) is 2.20. The normalized spacial score (nSPS) is 17.3. The van der Waals surface area contributed by atoms with Crippen LogP contribution in [-0.2, 0) is 9.05 Å². The lowest BCUT2D eigenvalue weighted by molar-refractivity contribution is 0.0935. The average molecular weight is 288 g/mol. The molecule has 1 amide bonds. The molecule has 0 saturated heterocycles. The number of halogens is 1. The molecule has 6 heteroatoms. The summed E-state index contributed by atoms with van der Waals surface area (Å²) in [5.41, 5.74) is 0.867. The fourth-order valence-electron chi connectivity index (χ4n) is 1.68. The average Bonchev–Trinajstić information content (AvgIpc) is 2.93. The third-order valence-corrected chi connectivity index (χ3v) is 4.34. The number of nitrogens with one attached hydrogen (secondary N) is 1. The zero-order valence-corrected chi connectivity index (χ0v) is 11.7. The van der Waals surface area contributed by atoms with E-state index in [2.05, 4.69) is 5.32 Å². The highest BCUT2D eigenvalue weighted by molar-refractivity contribution is 8.13. The maximum Gasteiger partial charge on any atom is 0.261 e. The lowest BCUT2D eigenvalue weighted by atomic mass is 10.1. The molecule has 1 fully saturated rings. The minimum Gasteiger partial charge on any atom is -0.347 e. The maximum absolute atomic E-state index is 12.0. The summed E-state index contributed by atoms with van der Waals surface area (Å²) in [6.45, 7) is 3.68. The molecule has 0 atom stereocenters. The van der Waals surface area contributed by atoms with Gasteiger partial charge in [0.2, 0.25) is 0 Å². The highest BCUT2D eigenvalue weighted by Gasteiger charge is 2.38. The summed E-state index contributed by atoms with van der Waals surface area (Å²) < 4.78 is 22.6. The molecule has 0 aliphatic heterocycles. The maximum atomic E-state index is 12.0. The number of carbonyl (C=O) groups excluding carboxylic acids is 1. The van der Waals surface area contributed by atoms with Crippen LogP contribution in [0, 0.1) is 6.92 Å². The van der Waals surface area contributed by atoms with Crippen LogP contribution in [0.25, 0.3) is 0 Å². The molecule has 0 unspecified atom stereocenters. The van der Waals surface area contributed by atoms with E-state index < -0.39 is 9.05 Å². The van der Waals surface area contributed by atoms with Gasteiger partial charge in [0.15, 0.2) is 0 Å². The Labute approximate surface area is 111 Å². The van der Waals surface area contributed by atoms with Crippen LogP contribution < -0.4 is 5.32 Å². The minimum atomic E-state index is -3.82. The molecule has 4 nitrogen and oxygen atoms in total. The number of hydrogen-bond acceptors (Lipinski definition) is 3. The van der Waals surface area contributed by atoms with Gasteiger partial charge in [-0.3, -0.25) is 4.79 Å². The Hall–Kier alpha value is -1.07. The molecule has 1 saturated carbocycles. The zero-order chi connectivity index (χ0) is 13.6. The number of aryl methyl sites for hydroxylation is 1. The standard InChI is InChI=1S/C12H14ClNO3S/c1-8-5-9(7-10(6-8)18(13,16)17)11(15)14-12(2)3-4-12/h5-7H,3-4H2,1-2H3,(H,14,15). The van der Waals surface area contributed by atoms with Crippen molar-refractivity contribution in [2.75, 3.05) is 0 Å². The third-order valence-electron chi connectivity index (χ3n) is 3.01. The van der Waals surface area contributed by atoms with Gasteiger partial charge >= 0.3 is 0 Å². The van der Waals surface area contributed by atoms with E-state index in [-0.39, 0.29) is 16.3 Å². The monoisotopic (exact) mass is 287 g/mol. The van der Waals surface area contributed by atoms with Crippen molar-refractivity contribution in [2.24, 2.45) is 0 Å². The summed E-state index contributed by atoms with van der Waals surface area (Å²) in [5.74, 6) is -0.264. The third kappa shape index (κ3) is 3.03. The molecular formula is C12H14ClNO3S. The Morgan fingerprint density at radius 1 is 1.33 bits per heavy atom. The molecule has 0 aromatic heterocycles. The number of amides is 1. The van der Waals surface area contributed by atoms with Crippen LogP contribution in [0.15, 0.2) is 23.1 Å². The summed E-state index contributed by atoms with van der Waals surface area (Å²) in [7, 11) is 1.48. The van der Waals surface area contributed by atoms with Gasteiger partial charge in [0.05, 0.1) is 4.90 Å². The van der Waals surface area contributed by atoms with Crippen molar-refractivity contribution < 1.29 is 13.2 Å². The quantitative estimate of drug-likeness (QED) is 0.867. The Morgan fingerprint density at radius 3 is 2.44 bits per heavy atom. The molecule has 0 spiro atoms. The predicted molar refractivity (Wildman–Crippen MR) is 69.3 cm³/mol. The Morgan fingerprint density at radius 2 is 1.94 bits per heavy atom. The number of rotatable bonds is 3. The van der Waals surface area contributed by atoms with Crippen LogP contribution in [0.1, 0.15) is 35.7 Å². The molecule has 1 aromatic carbocycles. The number of hydrogen-bond donors (Lipinski definition) is 1. The van der Waals surface area contributed by atoms with E-state index in [1.54, 1.807) is 13.0 Å². The van der Waals surface area contributed by atoms with Crippen molar-refractivity contribution in [3.63, 3.8) is 0 Å². The second kappa shape index (κ2) is 4.24. The second-order valence-electron chi connectivity index (χ2n) is 4.99. The van der Waals surface area contributed by atoms with Crippen LogP contribution in [-0.4, -0.2) is 19.9 Å². The number of benzene rings is 1. The van der Waals surface area contributed by atoms with Crippen molar-refractivity contribution in [3.8, 4) is 0 Å². The van der Waals surface area contributed by atoms with Crippen LogP contribution in [0.4, 0.5) is 0 Å². The van der Waals surface area contributed by atoms with Gasteiger partial charge in [-0.2, -0.15) is 0 Å². The van der Waals surface area contributed by atoms with E-state index in [1.165, 1.54) is 12.1 Å². The van der Waals surface area contributed by atoms with Crippen LogP contribution >= 0.6 is 10.7 Å². The molecule has 1 aromatic rings. The van der Waals surface area contributed by atoms with Gasteiger partial charge < -0.3 is 5.32 Å². The number of carbonyl (C=O) groups is 1. The summed E-state index contributed by atoms with van der Waals surface area (Å²) >= 11 is 0. The van der Waals surface area contributed by atoms with Gasteiger partial charge in [-0.1, -0.05) is 0 Å². The molecule has 2 rings (SSSR count). The highest BCUT2D eigenvalue weighted by atomic mass is 35.7. The fourth-order valence-corrected chi connectivity index (χ4v) is 2.54. The molecule has 0 bridgehead atoms. The van der Waals surface area contributed by atoms with Crippen molar-refractivity contribution in [1.29, 1.82) is 0 Å². The molecule has 0 radical (unpaired) electrons. The van der Waals surface area contributed by atoms with Crippen molar-refractivity contribution >= 4 is 25.6 Å². The molecular weight excluding hydrogens is 274 g/mol. The first kappa shape index (κ1) is 13.4. The van der Waals surface area contributed by atoms with Crippen molar-refractivity contribution in [2.45, 2.75) is 37.1 Å². The van der Waals surface area contributed by atoms with E-state index in [0.717, 1.165) is 12.8 Å². The van der Waals surface area contributed by atoms with E-state index >= 15 is 0 Å². The first-order valence-corrected chi connectivity index (χ1v) is 7.89. The Bertz CT molecular complexity index is 606. The molecule has 0 heterocycles. The lowest BCUT2D eigenvalue weighted by Gasteiger charge is -2.12. The van der Waals surface area contributed by atoms with Gasteiger partial charge in [0.1, 0.15) is 0 Å². The zero-order valence-electron chi connectivity index (χ0n) is 10.2. The largest absolute Gasteiger partial charge is 0.347 e. The molecule has 98 valence electrons. The fraction of sp³-hybridized carbons (Fsp3) is 0.417. The smallest absolute Gasteiger partial charge is 0.261 e. The first-order chi connectivity index (χ1) is 8.20. The van der Waals surface area contributed by atoms with Crippen molar-refractivity contribution in [3.05, 3.63) is 29.3 Å². The molecule has 18 heavy (non-hydrogen) atoms. The molecule has 1 N–H and O–H groups in total. The second-order valence-corrected chi connectivity index (χ2v) is 7.55. The Balaban J connectivity index is 2.33. The molecule has 1 aliphatic carbocycles. The van der Waals surface area contributed by atoms with E-state index in [1.807, 2.05) is 6.92 Å². The lowest BCUT2D eigenvalue weighted by Crippen LogP contribution is -2.34.